The van der Waals surface area contributed by atoms with Gasteiger partial charge in [0.1, 0.15) is 0 Å². The van der Waals surface area contributed by atoms with Gasteiger partial charge in [0.05, 0.1) is 0 Å². The molecule has 0 spiro atoms. The summed E-state index contributed by atoms with van der Waals surface area (Å²) in [6.45, 7) is 3.57. The summed E-state index contributed by atoms with van der Waals surface area (Å²) in [6, 6.07) is 0. The molecule has 0 amide bonds. The maximum Gasteiger partial charge on any atom is 0.0422 e. The van der Waals surface area contributed by atoms with Crippen molar-refractivity contribution in [1.29, 1.82) is 0 Å². The van der Waals surface area contributed by atoms with Crippen LogP contribution in [0, 0.1) is 11.8 Å². The average Bonchev–Trinajstić information content (AvgIpc) is 2.87. The lowest BCUT2D eigenvalue weighted by atomic mass is 9.93. The third-order valence-corrected chi connectivity index (χ3v) is 5.65. The van der Waals surface area contributed by atoms with Crippen LogP contribution in [0.4, 0.5) is 0 Å². The number of hydrogen-bond acceptors (Lipinski definition) is 3. The molecular formula is C11H20N2S. The summed E-state index contributed by atoms with van der Waals surface area (Å²) in [6.07, 6.45) is 4.22. The third-order valence-electron chi connectivity index (χ3n) is 4.33. The van der Waals surface area contributed by atoms with E-state index in [0.717, 1.165) is 18.4 Å². The van der Waals surface area contributed by atoms with Gasteiger partial charge in [0.25, 0.3) is 0 Å². The summed E-state index contributed by atoms with van der Waals surface area (Å²) < 4.78 is 0. The topological polar surface area (TPSA) is 29.3 Å². The van der Waals surface area contributed by atoms with Crippen molar-refractivity contribution in [2.75, 3.05) is 31.1 Å². The van der Waals surface area contributed by atoms with Crippen LogP contribution in [0.25, 0.3) is 0 Å². The molecule has 3 heteroatoms. The zero-order valence-corrected chi connectivity index (χ0v) is 9.56. The van der Waals surface area contributed by atoms with Crippen LogP contribution in [0.3, 0.4) is 0 Å². The summed E-state index contributed by atoms with van der Waals surface area (Å²) in [5.41, 5.74) is 6.41. The van der Waals surface area contributed by atoms with E-state index in [9.17, 15) is 0 Å². The quantitative estimate of drug-likeness (QED) is 0.745. The van der Waals surface area contributed by atoms with Gasteiger partial charge in [0.15, 0.2) is 0 Å². The molecule has 3 unspecified atom stereocenters. The van der Waals surface area contributed by atoms with Gasteiger partial charge in [-0.2, -0.15) is 11.8 Å². The number of nitrogens with two attached hydrogens (primary N) is 1. The van der Waals surface area contributed by atoms with Crippen LogP contribution in [0.15, 0.2) is 0 Å². The van der Waals surface area contributed by atoms with Gasteiger partial charge in [-0.1, -0.05) is 0 Å². The molecule has 14 heavy (non-hydrogen) atoms. The molecule has 3 atom stereocenters. The summed E-state index contributed by atoms with van der Waals surface area (Å²) in [5, 5.41) is 0. The van der Waals surface area contributed by atoms with Gasteiger partial charge >= 0.3 is 0 Å². The Morgan fingerprint density at radius 1 is 1.36 bits per heavy atom. The predicted octanol–water partition coefficient (Wildman–Crippen LogP) is 1.16. The lowest BCUT2D eigenvalue weighted by Crippen LogP contribution is -2.56. The standard InChI is InChI=1S/C11H20N2S/c12-7-11(2-1-3-14-8-11)13-5-9-4-10(9)6-13/h9-10H,1-8,12H2. The number of hydrogen-bond donors (Lipinski definition) is 1. The number of likely N-dealkylation sites (tertiary alicyclic amines) is 1. The molecule has 3 fully saturated rings. The average molecular weight is 212 g/mol. The van der Waals surface area contributed by atoms with Gasteiger partial charge in [0.2, 0.25) is 0 Å². The van der Waals surface area contributed by atoms with E-state index < -0.39 is 0 Å². The first-order chi connectivity index (χ1) is 6.84. The predicted molar refractivity (Wildman–Crippen MR) is 61.5 cm³/mol. The van der Waals surface area contributed by atoms with Crippen molar-refractivity contribution in [3.05, 3.63) is 0 Å². The normalized spacial score (nSPS) is 47.8. The van der Waals surface area contributed by atoms with Crippen LogP contribution < -0.4 is 5.73 Å². The number of thioether (sulfide) groups is 1. The highest BCUT2D eigenvalue weighted by Crippen LogP contribution is 2.48. The van der Waals surface area contributed by atoms with Crippen molar-refractivity contribution in [3.8, 4) is 0 Å². The van der Waals surface area contributed by atoms with Crippen molar-refractivity contribution >= 4 is 11.8 Å². The Morgan fingerprint density at radius 2 is 2.14 bits per heavy atom. The van der Waals surface area contributed by atoms with E-state index in [0.29, 0.717) is 5.54 Å². The molecule has 2 aliphatic heterocycles. The molecule has 80 valence electrons. The molecule has 2 heterocycles. The summed E-state index contributed by atoms with van der Waals surface area (Å²) in [4.78, 5) is 2.72. The lowest BCUT2D eigenvalue weighted by Gasteiger charge is -2.44. The minimum absolute atomic E-state index is 0.385. The summed E-state index contributed by atoms with van der Waals surface area (Å²) in [5.74, 6) is 4.72. The molecule has 3 rings (SSSR count). The molecule has 1 aliphatic carbocycles. The fourth-order valence-corrected chi connectivity index (χ4v) is 4.48. The Balaban J connectivity index is 1.71. The van der Waals surface area contributed by atoms with Crippen molar-refractivity contribution in [3.63, 3.8) is 0 Å². The van der Waals surface area contributed by atoms with Crippen LogP contribution in [-0.4, -0.2) is 41.6 Å². The first kappa shape index (κ1) is 9.49. The molecule has 2 nitrogen and oxygen atoms in total. The number of piperidine rings is 1. The molecule has 0 aromatic carbocycles. The minimum atomic E-state index is 0.385. The second-order valence-electron chi connectivity index (χ2n) is 5.25. The molecule has 1 saturated carbocycles. The van der Waals surface area contributed by atoms with Crippen LogP contribution >= 0.6 is 11.8 Å². The van der Waals surface area contributed by atoms with E-state index in [1.807, 2.05) is 0 Å². The molecule has 2 N–H and O–H groups in total. The monoisotopic (exact) mass is 212 g/mol. The summed E-state index contributed by atoms with van der Waals surface area (Å²) >= 11 is 2.11. The van der Waals surface area contributed by atoms with E-state index in [-0.39, 0.29) is 0 Å². The van der Waals surface area contributed by atoms with Gasteiger partial charge in [0, 0.05) is 30.9 Å². The Morgan fingerprint density at radius 3 is 2.71 bits per heavy atom. The van der Waals surface area contributed by atoms with E-state index in [1.54, 1.807) is 0 Å². The Labute approximate surface area is 90.6 Å². The second-order valence-corrected chi connectivity index (χ2v) is 6.35. The molecule has 2 saturated heterocycles. The molecule has 0 aromatic rings. The fraction of sp³-hybridized carbons (Fsp3) is 1.00. The van der Waals surface area contributed by atoms with Crippen molar-refractivity contribution in [1.82, 2.24) is 4.90 Å². The van der Waals surface area contributed by atoms with Crippen LogP contribution in [0.1, 0.15) is 19.3 Å². The largest absolute Gasteiger partial charge is 0.329 e. The highest BCUT2D eigenvalue weighted by Gasteiger charge is 2.51. The maximum absolute atomic E-state index is 6.02. The van der Waals surface area contributed by atoms with E-state index in [4.69, 9.17) is 5.73 Å². The number of fused-ring (bicyclic) bond motifs is 1. The van der Waals surface area contributed by atoms with E-state index >= 15 is 0 Å². The SMILES string of the molecule is NCC1(N2CC3CC3C2)CCCSC1. The maximum atomic E-state index is 6.02. The molecular weight excluding hydrogens is 192 g/mol. The molecule has 0 bridgehead atoms. The minimum Gasteiger partial charge on any atom is -0.329 e. The fourth-order valence-electron chi connectivity index (χ4n) is 3.16. The second kappa shape index (κ2) is 3.39. The van der Waals surface area contributed by atoms with Gasteiger partial charge in [-0.05, 0) is 36.9 Å². The van der Waals surface area contributed by atoms with E-state index in [2.05, 4.69) is 16.7 Å². The number of nitrogens with zero attached hydrogens (tertiary/aromatic N) is 1. The first-order valence-electron chi connectivity index (χ1n) is 5.87. The van der Waals surface area contributed by atoms with Crippen molar-refractivity contribution in [2.24, 2.45) is 17.6 Å². The highest BCUT2D eigenvalue weighted by atomic mass is 32.2. The zero-order chi connectivity index (χ0) is 9.60. The van der Waals surface area contributed by atoms with Crippen LogP contribution in [-0.2, 0) is 0 Å². The Kier molecular flexibility index (Phi) is 2.30. The molecule has 0 radical (unpaired) electrons. The number of rotatable bonds is 2. The van der Waals surface area contributed by atoms with Crippen LogP contribution in [0.2, 0.25) is 0 Å². The smallest absolute Gasteiger partial charge is 0.0422 e. The van der Waals surface area contributed by atoms with Gasteiger partial charge in [-0.25, -0.2) is 0 Å². The van der Waals surface area contributed by atoms with Crippen molar-refractivity contribution < 1.29 is 0 Å². The summed E-state index contributed by atoms with van der Waals surface area (Å²) in [7, 11) is 0. The Bertz CT molecular complexity index is 215. The van der Waals surface area contributed by atoms with Crippen molar-refractivity contribution in [2.45, 2.75) is 24.8 Å². The Hall–Kier alpha value is 0.270. The van der Waals surface area contributed by atoms with Crippen LogP contribution in [0.5, 0.6) is 0 Å². The van der Waals surface area contributed by atoms with E-state index in [1.165, 1.54) is 43.9 Å². The zero-order valence-electron chi connectivity index (χ0n) is 8.74. The van der Waals surface area contributed by atoms with Gasteiger partial charge in [-0.3, -0.25) is 4.90 Å². The lowest BCUT2D eigenvalue weighted by molar-refractivity contribution is 0.118. The molecule has 0 aromatic heterocycles. The third kappa shape index (κ3) is 1.41. The van der Waals surface area contributed by atoms with Gasteiger partial charge in [-0.15, -0.1) is 0 Å². The molecule has 3 aliphatic rings. The van der Waals surface area contributed by atoms with Gasteiger partial charge < -0.3 is 5.73 Å². The first-order valence-corrected chi connectivity index (χ1v) is 7.02. The highest BCUT2D eigenvalue weighted by molar-refractivity contribution is 7.99.